The van der Waals surface area contributed by atoms with Crippen LogP contribution < -0.4 is 0 Å². The van der Waals surface area contributed by atoms with E-state index in [4.69, 9.17) is 9.47 Å². The molecular formula is C36H57NO4. The second-order valence-electron chi connectivity index (χ2n) is 13.1. The number of benzene rings is 1. The third kappa shape index (κ3) is 8.29. The van der Waals surface area contributed by atoms with Gasteiger partial charge in [-0.05, 0) is 55.4 Å². The van der Waals surface area contributed by atoms with E-state index in [0.29, 0.717) is 30.2 Å². The number of hydrogen-bond donors (Lipinski definition) is 0. The molecule has 1 spiro atoms. The Bertz CT molecular complexity index is 919. The lowest BCUT2D eigenvalue weighted by atomic mass is 9.55. The Morgan fingerprint density at radius 3 is 1.93 bits per heavy atom. The third-order valence-electron chi connectivity index (χ3n) is 10.5. The summed E-state index contributed by atoms with van der Waals surface area (Å²) < 4.78 is 10.7. The number of unbranched alkanes of at least 4 members (excludes halogenated alkanes) is 14. The van der Waals surface area contributed by atoms with Crippen molar-refractivity contribution in [3.8, 4) is 0 Å². The number of hydrogen-bond acceptors (Lipinski definition) is 4. The molecule has 0 N–H and O–H groups in total. The smallest absolute Gasteiger partial charge is 0.412 e. The molecule has 0 aromatic heterocycles. The molecular weight excluding hydrogens is 510 g/mol. The van der Waals surface area contributed by atoms with Crippen LogP contribution in [0.3, 0.4) is 0 Å². The van der Waals surface area contributed by atoms with Crippen molar-refractivity contribution in [2.45, 2.75) is 148 Å². The summed E-state index contributed by atoms with van der Waals surface area (Å²) >= 11 is 0. The van der Waals surface area contributed by atoms with Gasteiger partial charge in [-0.1, -0.05) is 127 Å². The molecule has 5 heteroatoms. The number of likely N-dealkylation sites (N-methyl/N-ethyl adjacent to an activating group) is 1. The second kappa shape index (κ2) is 16.6. The molecule has 5 nitrogen and oxygen atoms in total. The number of rotatable bonds is 21. The molecule has 230 valence electrons. The van der Waals surface area contributed by atoms with Gasteiger partial charge in [0.25, 0.3) is 0 Å². The standard InChI is InChI=1S/C36H57NO4/c1-3-5-6-7-8-9-10-11-12-13-14-15-16-17-21-24-32(38)40-28-41-35(39)37(4-2)34-31-26-25-30-27-36(30,31)33(34)29-22-19-18-20-23-29/h18-20,22-23,30-31,33-34H,3-17,21,24-28H2,1-2H3. The molecule has 3 aliphatic rings. The fraction of sp³-hybridized carbons (Fsp3) is 0.778. The van der Waals surface area contributed by atoms with Gasteiger partial charge in [0.05, 0.1) is 0 Å². The Hall–Kier alpha value is -2.04. The number of ether oxygens (including phenoxy) is 2. The molecule has 0 aliphatic heterocycles. The molecule has 3 saturated carbocycles. The van der Waals surface area contributed by atoms with Crippen molar-refractivity contribution in [2.24, 2.45) is 17.3 Å². The monoisotopic (exact) mass is 567 g/mol. The van der Waals surface area contributed by atoms with Crippen molar-refractivity contribution in [1.82, 2.24) is 4.90 Å². The quantitative estimate of drug-likeness (QED) is 0.0843. The summed E-state index contributed by atoms with van der Waals surface area (Å²) in [5, 5.41) is 0. The summed E-state index contributed by atoms with van der Waals surface area (Å²) in [4.78, 5) is 27.2. The summed E-state index contributed by atoms with van der Waals surface area (Å²) in [5.41, 5.74) is 1.75. The maximum absolute atomic E-state index is 13.1. The van der Waals surface area contributed by atoms with Gasteiger partial charge < -0.3 is 14.4 Å². The van der Waals surface area contributed by atoms with E-state index in [1.165, 1.54) is 108 Å². The van der Waals surface area contributed by atoms with Gasteiger partial charge in [0, 0.05) is 24.9 Å². The highest BCUT2D eigenvalue weighted by Crippen LogP contribution is 2.81. The van der Waals surface area contributed by atoms with E-state index >= 15 is 0 Å². The molecule has 1 aromatic carbocycles. The molecule has 3 fully saturated rings. The fourth-order valence-electron chi connectivity index (χ4n) is 8.34. The van der Waals surface area contributed by atoms with E-state index in [9.17, 15) is 9.59 Å². The first-order chi connectivity index (χ1) is 20.1. The van der Waals surface area contributed by atoms with Gasteiger partial charge in [-0.3, -0.25) is 4.79 Å². The Labute approximate surface area is 250 Å². The molecule has 5 atom stereocenters. The SMILES string of the molecule is CCCCCCCCCCCCCCCCCC(=O)OCOC(=O)N(CC)C1C2CCC3CC32C1c1ccccc1. The molecule has 3 aliphatic carbocycles. The first kappa shape index (κ1) is 31.9. The number of carbonyl (C=O) groups excluding carboxylic acids is 2. The van der Waals surface area contributed by atoms with Crippen LogP contribution in [0.15, 0.2) is 30.3 Å². The lowest BCUT2D eigenvalue weighted by molar-refractivity contribution is -0.153. The average molecular weight is 568 g/mol. The molecule has 41 heavy (non-hydrogen) atoms. The van der Waals surface area contributed by atoms with Crippen molar-refractivity contribution < 1.29 is 19.1 Å². The van der Waals surface area contributed by atoms with Crippen molar-refractivity contribution in [3.63, 3.8) is 0 Å². The zero-order chi connectivity index (χ0) is 28.9. The summed E-state index contributed by atoms with van der Waals surface area (Å²) in [6, 6.07) is 10.9. The lowest BCUT2D eigenvalue weighted by Gasteiger charge is -2.56. The molecule has 0 radical (unpaired) electrons. The Morgan fingerprint density at radius 1 is 0.780 bits per heavy atom. The predicted octanol–water partition coefficient (Wildman–Crippen LogP) is 9.79. The summed E-state index contributed by atoms with van der Waals surface area (Å²) in [7, 11) is 0. The molecule has 4 rings (SSSR count). The molecule has 0 saturated heterocycles. The number of amides is 1. The summed E-state index contributed by atoms with van der Waals surface area (Å²) in [6.07, 6.45) is 23.4. The van der Waals surface area contributed by atoms with E-state index in [1.807, 2.05) is 11.8 Å². The zero-order valence-electron chi connectivity index (χ0n) is 26.1. The molecule has 1 amide bonds. The van der Waals surface area contributed by atoms with Gasteiger partial charge in [-0.2, -0.15) is 0 Å². The van der Waals surface area contributed by atoms with Crippen LogP contribution in [0, 0.1) is 17.3 Å². The van der Waals surface area contributed by atoms with E-state index in [1.54, 1.807) is 0 Å². The van der Waals surface area contributed by atoms with Crippen LogP contribution in [0.1, 0.15) is 147 Å². The minimum atomic E-state index is -0.350. The fourth-order valence-corrected chi connectivity index (χ4v) is 8.34. The average Bonchev–Trinajstić information content (AvgIpc) is 3.65. The molecule has 5 unspecified atom stereocenters. The van der Waals surface area contributed by atoms with Crippen LogP contribution in [0.25, 0.3) is 0 Å². The van der Waals surface area contributed by atoms with Crippen molar-refractivity contribution >= 4 is 12.1 Å². The van der Waals surface area contributed by atoms with Crippen LogP contribution in [0.2, 0.25) is 0 Å². The van der Waals surface area contributed by atoms with Gasteiger partial charge in [0.15, 0.2) is 0 Å². The lowest BCUT2D eigenvalue weighted by Crippen LogP contribution is -2.60. The van der Waals surface area contributed by atoms with Crippen molar-refractivity contribution in [2.75, 3.05) is 13.3 Å². The molecule has 0 bridgehead atoms. The highest BCUT2D eigenvalue weighted by atomic mass is 16.7. The van der Waals surface area contributed by atoms with E-state index in [-0.39, 0.29) is 24.9 Å². The van der Waals surface area contributed by atoms with Crippen LogP contribution >= 0.6 is 0 Å². The van der Waals surface area contributed by atoms with Gasteiger partial charge in [0.2, 0.25) is 6.79 Å². The van der Waals surface area contributed by atoms with Gasteiger partial charge in [-0.25, -0.2) is 4.79 Å². The van der Waals surface area contributed by atoms with Crippen molar-refractivity contribution in [1.29, 1.82) is 0 Å². The first-order valence-electron chi connectivity index (χ1n) is 17.3. The summed E-state index contributed by atoms with van der Waals surface area (Å²) in [6.45, 7) is 4.62. The van der Waals surface area contributed by atoms with E-state index < -0.39 is 0 Å². The zero-order valence-corrected chi connectivity index (χ0v) is 26.1. The Morgan fingerprint density at radius 2 is 1.37 bits per heavy atom. The van der Waals surface area contributed by atoms with Crippen LogP contribution in [0.5, 0.6) is 0 Å². The first-order valence-corrected chi connectivity index (χ1v) is 17.3. The predicted molar refractivity (Wildman–Crippen MR) is 166 cm³/mol. The van der Waals surface area contributed by atoms with Gasteiger partial charge in [-0.15, -0.1) is 0 Å². The normalized spacial score (nSPS) is 25.6. The van der Waals surface area contributed by atoms with Crippen LogP contribution in [-0.4, -0.2) is 36.3 Å². The van der Waals surface area contributed by atoms with E-state index in [2.05, 4.69) is 37.3 Å². The topological polar surface area (TPSA) is 55.8 Å². The maximum atomic E-state index is 13.1. The molecule has 0 heterocycles. The third-order valence-corrected chi connectivity index (χ3v) is 10.5. The largest absolute Gasteiger partial charge is 0.428 e. The minimum Gasteiger partial charge on any atom is -0.428 e. The van der Waals surface area contributed by atoms with Crippen LogP contribution in [0.4, 0.5) is 4.79 Å². The minimum absolute atomic E-state index is 0.179. The Balaban J connectivity index is 1.02. The van der Waals surface area contributed by atoms with Crippen molar-refractivity contribution in [3.05, 3.63) is 35.9 Å². The highest BCUT2D eigenvalue weighted by Gasteiger charge is 2.77. The number of esters is 1. The second-order valence-corrected chi connectivity index (χ2v) is 13.1. The Kier molecular flexibility index (Phi) is 12.9. The van der Waals surface area contributed by atoms with Crippen LogP contribution in [-0.2, 0) is 14.3 Å². The number of carbonyl (C=O) groups is 2. The number of nitrogens with zero attached hydrogens (tertiary/aromatic N) is 1. The molecule has 1 aromatic rings. The maximum Gasteiger partial charge on any atom is 0.412 e. The highest BCUT2D eigenvalue weighted by molar-refractivity contribution is 5.71. The van der Waals surface area contributed by atoms with Gasteiger partial charge in [0.1, 0.15) is 0 Å². The van der Waals surface area contributed by atoms with Gasteiger partial charge >= 0.3 is 12.1 Å². The van der Waals surface area contributed by atoms with E-state index in [0.717, 1.165) is 18.8 Å². The summed E-state index contributed by atoms with van der Waals surface area (Å²) in [5.74, 6) is 1.51.